The van der Waals surface area contributed by atoms with Crippen LogP contribution in [0.3, 0.4) is 0 Å². The minimum Gasteiger partial charge on any atom is -0.483 e. The van der Waals surface area contributed by atoms with Gasteiger partial charge in [0.05, 0.1) is 5.56 Å². The first-order valence-corrected chi connectivity index (χ1v) is 9.67. The fraction of sp³-hybridized carbons (Fsp3) is 0.250. The summed E-state index contributed by atoms with van der Waals surface area (Å²) in [6.45, 7) is 7.65. The minimum absolute atomic E-state index is 0.0234. The van der Waals surface area contributed by atoms with Crippen molar-refractivity contribution in [2.24, 2.45) is 0 Å². The number of carbonyl (C=O) groups is 2. The number of benzene rings is 3. The van der Waals surface area contributed by atoms with Gasteiger partial charge in [0.1, 0.15) is 5.75 Å². The molecule has 2 N–H and O–H groups in total. The second-order valence-electron chi connectivity index (χ2n) is 7.46. The first kappa shape index (κ1) is 20.4. The molecule has 0 fully saturated rings. The molecular weight excluding hydrogens is 364 g/mol. The van der Waals surface area contributed by atoms with Crippen molar-refractivity contribution in [3.8, 4) is 5.75 Å². The van der Waals surface area contributed by atoms with Gasteiger partial charge in [-0.2, -0.15) is 0 Å². The van der Waals surface area contributed by atoms with Crippen LogP contribution >= 0.6 is 0 Å². The highest BCUT2D eigenvalue weighted by atomic mass is 16.5. The lowest BCUT2D eigenvalue weighted by Gasteiger charge is -2.15. The lowest BCUT2D eigenvalue weighted by Crippen LogP contribution is -2.34. The molecule has 150 valence electrons. The van der Waals surface area contributed by atoms with Gasteiger partial charge in [0.2, 0.25) is 0 Å². The Hall–Kier alpha value is -3.34. The number of nitrogens with one attached hydrogen (secondary N) is 2. The highest BCUT2D eigenvalue weighted by molar-refractivity contribution is 6.08. The van der Waals surface area contributed by atoms with Crippen molar-refractivity contribution in [2.75, 3.05) is 11.9 Å². The molecule has 0 saturated carbocycles. The van der Waals surface area contributed by atoms with Crippen LogP contribution in [0.25, 0.3) is 10.8 Å². The third-order valence-corrected chi connectivity index (χ3v) is 4.67. The van der Waals surface area contributed by atoms with Gasteiger partial charge in [0.15, 0.2) is 6.61 Å². The third kappa shape index (κ3) is 5.13. The van der Waals surface area contributed by atoms with E-state index in [1.807, 2.05) is 70.2 Å². The molecule has 0 spiro atoms. The molecule has 0 saturated heterocycles. The van der Waals surface area contributed by atoms with E-state index in [4.69, 9.17) is 4.74 Å². The molecule has 0 aliphatic carbocycles. The summed E-state index contributed by atoms with van der Waals surface area (Å²) in [4.78, 5) is 25.0. The minimum atomic E-state index is -0.279. The van der Waals surface area contributed by atoms with Crippen LogP contribution in [0, 0.1) is 13.8 Å². The molecule has 0 atom stereocenters. The summed E-state index contributed by atoms with van der Waals surface area (Å²) in [6, 6.07) is 17.1. The fourth-order valence-electron chi connectivity index (χ4n) is 3.04. The van der Waals surface area contributed by atoms with Crippen molar-refractivity contribution in [2.45, 2.75) is 33.7 Å². The molecule has 0 aliphatic heterocycles. The summed E-state index contributed by atoms with van der Waals surface area (Å²) < 4.78 is 5.74. The zero-order valence-electron chi connectivity index (χ0n) is 17.2. The Bertz CT molecular complexity index is 1060. The summed E-state index contributed by atoms with van der Waals surface area (Å²) in [5, 5.41) is 7.58. The van der Waals surface area contributed by atoms with E-state index in [0.717, 1.165) is 27.6 Å². The Balaban J connectivity index is 1.90. The van der Waals surface area contributed by atoms with Gasteiger partial charge in [-0.1, -0.05) is 30.3 Å². The Labute approximate surface area is 171 Å². The number of carbonyl (C=O) groups excluding carboxylic acids is 2. The van der Waals surface area contributed by atoms with Gasteiger partial charge in [-0.15, -0.1) is 0 Å². The lowest BCUT2D eigenvalue weighted by atomic mass is 10.0. The van der Waals surface area contributed by atoms with Gasteiger partial charge >= 0.3 is 0 Å². The molecule has 0 heterocycles. The highest BCUT2D eigenvalue weighted by Crippen LogP contribution is 2.27. The largest absolute Gasteiger partial charge is 0.483 e. The van der Waals surface area contributed by atoms with Crippen molar-refractivity contribution in [3.63, 3.8) is 0 Å². The highest BCUT2D eigenvalue weighted by Gasteiger charge is 2.16. The van der Waals surface area contributed by atoms with Crippen LogP contribution in [0.15, 0.2) is 54.6 Å². The van der Waals surface area contributed by atoms with Gasteiger partial charge in [0, 0.05) is 11.7 Å². The molecule has 2 amide bonds. The van der Waals surface area contributed by atoms with Crippen molar-refractivity contribution in [3.05, 3.63) is 71.3 Å². The number of amides is 2. The molecule has 0 aliphatic rings. The molecule has 29 heavy (non-hydrogen) atoms. The molecule has 3 rings (SSSR count). The number of ether oxygens (including phenoxy) is 1. The Morgan fingerprint density at radius 2 is 1.62 bits per heavy atom. The summed E-state index contributed by atoms with van der Waals surface area (Å²) in [6.07, 6.45) is 0. The normalized spacial score (nSPS) is 10.8. The lowest BCUT2D eigenvalue weighted by molar-refractivity contribution is -0.123. The van der Waals surface area contributed by atoms with E-state index in [2.05, 4.69) is 10.6 Å². The first-order chi connectivity index (χ1) is 13.8. The topological polar surface area (TPSA) is 67.4 Å². The Morgan fingerprint density at radius 1 is 0.931 bits per heavy atom. The van der Waals surface area contributed by atoms with E-state index in [1.165, 1.54) is 0 Å². The van der Waals surface area contributed by atoms with Crippen LogP contribution in [0.4, 0.5) is 5.69 Å². The molecule has 0 aromatic heterocycles. The van der Waals surface area contributed by atoms with Crippen LogP contribution in [0.5, 0.6) is 5.75 Å². The molecule has 0 unspecified atom stereocenters. The zero-order valence-corrected chi connectivity index (χ0v) is 17.2. The number of hydrogen-bond acceptors (Lipinski definition) is 3. The van der Waals surface area contributed by atoms with Crippen LogP contribution in [-0.2, 0) is 4.79 Å². The molecular formula is C24H26N2O3. The predicted octanol–water partition coefficient (Wildman–Crippen LogP) is 4.61. The first-order valence-electron chi connectivity index (χ1n) is 9.67. The van der Waals surface area contributed by atoms with E-state index in [-0.39, 0.29) is 24.5 Å². The molecule has 5 heteroatoms. The van der Waals surface area contributed by atoms with Gasteiger partial charge in [-0.05, 0) is 73.9 Å². The Morgan fingerprint density at radius 3 is 2.28 bits per heavy atom. The maximum absolute atomic E-state index is 13.0. The van der Waals surface area contributed by atoms with Crippen LogP contribution in [-0.4, -0.2) is 24.5 Å². The average molecular weight is 390 g/mol. The summed E-state index contributed by atoms with van der Waals surface area (Å²) in [5.41, 5.74) is 3.37. The molecule has 0 radical (unpaired) electrons. The van der Waals surface area contributed by atoms with Gasteiger partial charge in [-0.3, -0.25) is 9.59 Å². The molecule has 0 bridgehead atoms. The van der Waals surface area contributed by atoms with Gasteiger partial charge in [-0.25, -0.2) is 0 Å². The number of aryl methyl sites for hydroxylation is 2. The average Bonchev–Trinajstić information content (AvgIpc) is 2.68. The van der Waals surface area contributed by atoms with Crippen molar-refractivity contribution < 1.29 is 14.3 Å². The maximum atomic E-state index is 13.0. The second kappa shape index (κ2) is 8.78. The number of anilines is 1. The standard InChI is InChI=1S/C24H26N2O3/c1-15(2)25-23(27)14-29-22-13-19-8-6-5-7-18(19)12-21(22)24(28)26-20-10-9-16(3)17(4)11-20/h5-13,15H,14H2,1-4H3,(H,25,27)(H,26,28). The zero-order chi connectivity index (χ0) is 21.0. The van der Waals surface area contributed by atoms with Crippen molar-refractivity contribution >= 4 is 28.3 Å². The molecule has 5 nitrogen and oxygen atoms in total. The van der Waals surface area contributed by atoms with E-state index in [0.29, 0.717) is 11.3 Å². The quantitative estimate of drug-likeness (QED) is 0.646. The van der Waals surface area contributed by atoms with E-state index in [9.17, 15) is 9.59 Å². The summed E-state index contributed by atoms with van der Waals surface area (Å²) >= 11 is 0. The van der Waals surface area contributed by atoms with E-state index >= 15 is 0 Å². The van der Waals surface area contributed by atoms with Gasteiger partial charge in [0.25, 0.3) is 11.8 Å². The number of fused-ring (bicyclic) bond motifs is 1. The van der Waals surface area contributed by atoms with E-state index in [1.54, 1.807) is 12.1 Å². The van der Waals surface area contributed by atoms with Crippen molar-refractivity contribution in [1.82, 2.24) is 5.32 Å². The van der Waals surface area contributed by atoms with Crippen LogP contribution < -0.4 is 15.4 Å². The van der Waals surface area contributed by atoms with Gasteiger partial charge < -0.3 is 15.4 Å². The smallest absolute Gasteiger partial charge is 0.259 e. The number of hydrogen-bond donors (Lipinski definition) is 2. The Kier molecular flexibility index (Phi) is 6.17. The van der Waals surface area contributed by atoms with Crippen molar-refractivity contribution in [1.29, 1.82) is 0 Å². The van der Waals surface area contributed by atoms with Crippen LogP contribution in [0.2, 0.25) is 0 Å². The van der Waals surface area contributed by atoms with E-state index < -0.39 is 0 Å². The predicted molar refractivity (Wildman–Crippen MR) is 117 cm³/mol. The third-order valence-electron chi connectivity index (χ3n) is 4.67. The SMILES string of the molecule is Cc1ccc(NC(=O)c2cc3ccccc3cc2OCC(=O)NC(C)C)cc1C. The maximum Gasteiger partial charge on any atom is 0.259 e. The molecule has 3 aromatic rings. The second-order valence-corrected chi connectivity index (χ2v) is 7.46. The monoisotopic (exact) mass is 390 g/mol. The summed E-state index contributed by atoms with van der Waals surface area (Å²) in [7, 11) is 0. The fourth-order valence-corrected chi connectivity index (χ4v) is 3.04. The van der Waals surface area contributed by atoms with Crippen LogP contribution in [0.1, 0.15) is 35.3 Å². The summed E-state index contributed by atoms with van der Waals surface area (Å²) in [5.74, 6) is -0.129. The molecule has 3 aromatic carbocycles. The number of rotatable bonds is 6.